The molecule has 1 rings (SSSR count). The summed E-state index contributed by atoms with van der Waals surface area (Å²) in [5.41, 5.74) is 0.863. The molecule has 0 heterocycles. The van der Waals surface area contributed by atoms with E-state index in [-0.39, 0.29) is 12.3 Å². The Morgan fingerprint density at radius 3 is 2.59 bits per heavy atom. The van der Waals surface area contributed by atoms with Crippen LogP contribution in [-0.2, 0) is 9.84 Å². The molecule has 0 aliphatic carbocycles. The van der Waals surface area contributed by atoms with E-state index in [1.807, 2.05) is 0 Å². The molecular formula is C11H14FNO3S. The average Bonchev–Trinajstić information content (AvgIpc) is 2.15. The van der Waals surface area contributed by atoms with E-state index in [4.69, 9.17) is 0 Å². The van der Waals surface area contributed by atoms with Gasteiger partial charge in [-0.2, -0.15) is 0 Å². The lowest BCUT2D eigenvalue weighted by Crippen LogP contribution is -2.29. The van der Waals surface area contributed by atoms with Crippen molar-refractivity contribution in [1.29, 1.82) is 0 Å². The summed E-state index contributed by atoms with van der Waals surface area (Å²) < 4.78 is 34.5. The zero-order valence-electron chi connectivity index (χ0n) is 9.66. The summed E-state index contributed by atoms with van der Waals surface area (Å²) in [6, 6.07) is 3.82. The monoisotopic (exact) mass is 259 g/mol. The molecule has 1 N–H and O–H groups in total. The third-order valence-corrected chi connectivity index (χ3v) is 3.14. The van der Waals surface area contributed by atoms with Crippen LogP contribution in [0, 0.1) is 12.7 Å². The van der Waals surface area contributed by atoms with Crippen molar-refractivity contribution < 1.29 is 17.6 Å². The Morgan fingerprint density at radius 1 is 1.41 bits per heavy atom. The zero-order chi connectivity index (χ0) is 13.1. The third-order valence-electron chi connectivity index (χ3n) is 2.19. The number of nitrogens with one attached hydrogen (secondary N) is 1. The predicted octanol–water partition coefficient (Wildman–Crippen LogP) is 0.909. The maximum atomic E-state index is 12.8. The quantitative estimate of drug-likeness (QED) is 0.874. The van der Waals surface area contributed by atoms with Crippen molar-refractivity contribution in [3.05, 3.63) is 35.1 Å². The SMILES string of the molecule is Cc1cc(F)ccc1C(=O)NCCS(C)(=O)=O. The third kappa shape index (κ3) is 4.52. The minimum absolute atomic E-state index is 0.0501. The van der Waals surface area contributed by atoms with E-state index >= 15 is 0 Å². The Bertz CT molecular complexity index is 526. The van der Waals surface area contributed by atoms with Gasteiger partial charge in [0.05, 0.1) is 5.75 Å². The molecule has 0 saturated heterocycles. The van der Waals surface area contributed by atoms with Crippen molar-refractivity contribution in [3.63, 3.8) is 0 Å². The first-order valence-corrected chi connectivity index (χ1v) is 7.08. The highest BCUT2D eigenvalue weighted by Gasteiger charge is 2.10. The van der Waals surface area contributed by atoms with Crippen LogP contribution >= 0.6 is 0 Å². The smallest absolute Gasteiger partial charge is 0.251 e. The molecule has 0 atom stereocenters. The Balaban J connectivity index is 2.65. The number of rotatable bonds is 4. The van der Waals surface area contributed by atoms with Crippen LogP contribution in [0.5, 0.6) is 0 Å². The number of benzene rings is 1. The van der Waals surface area contributed by atoms with Crippen molar-refractivity contribution in [3.8, 4) is 0 Å². The molecule has 1 aromatic rings. The van der Waals surface area contributed by atoms with Crippen LogP contribution in [0.15, 0.2) is 18.2 Å². The molecule has 0 radical (unpaired) electrons. The molecule has 0 aliphatic rings. The van der Waals surface area contributed by atoms with Gasteiger partial charge in [-0.15, -0.1) is 0 Å². The lowest BCUT2D eigenvalue weighted by molar-refractivity contribution is 0.0955. The maximum Gasteiger partial charge on any atom is 0.251 e. The summed E-state index contributed by atoms with van der Waals surface area (Å²) in [7, 11) is -3.09. The summed E-state index contributed by atoms with van der Waals surface area (Å²) in [5, 5.41) is 2.48. The van der Waals surface area contributed by atoms with E-state index in [0.29, 0.717) is 11.1 Å². The second-order valence-corrected chi connectivity index (χ2v) is 6.10. The van der Waals surface area contributed by atoms with Crippen LogP contribution < -0.4 is 5.32 Å². The molecule has 0 aromatic heterocycles. The van der Waals surface area contributed by atoms with Crippen molar-refractivity contribution in [2.75, 3.05) is 18.6 Å². The lowest BCUT2D eigenvalue weighted by atomic mass is 10.1. The van der Waals surface area contributed by atoms with Crippen molar-refractivity contribution in [2.24, 2.45) is 0 Å². The van der Waals surface area contributed by atoms with Gasteiger partial charge in [0.15, 0.2) is 0 Å². The van der Waals surface area contributed by atoms with Crippen molar-refractivity contribution in [1.82, 2.24) is 5.32 Å². The fourth-order valence-electron chi connectivity index (χ4n) is 1.33. The average molecular weight is 259 g/mol. The number of carbonyl (C=O) groups excluding carboxylic acids is 1. The number of aryl methyl sites for hydroxylation is 1. The molecule has 17 heavy (non-hydrogen) atoms. The summed E-state index contributed by atoms with van der Waals surface area (Å²) in [6.07, 6.45) is 1.10. The molecule has 0 bridgehead atoms. The summed E-state index contributed by atoms with van der Waals surface area (Å²) in [6.45, 7) is 1.67. The maximum absolute atomic E-state index is 12.8. The second-order valence-electron chi connectivity index (χ2n) is 3.85. The van der Waals surface area contributed by atoms with Gasteiger partial charge in [-0.1, -0.05) is 0 Å². The normalized spacial score (nSPS) is 11.2. The van der Waals surface area contributed by atoms with Gasteiger partial charge < -0.3 is 5.32 Å². The van der Waals surface area contributed by atoms with E-state index in [9.17, 15) is 17.6 Å². The van der Waals surface area contributed by atoms with E-state index < -0.39 is 21.6 Å². The Hall–Kier alpha value is -1.43. The van der Waals surface area contributed by atoms with E-state index in [1.54, 1.807) is 6.92 Å². The van der Waals surface area contributed by atoms with Crippen LogP contribution in [-0.4, -0.2) is 32.9 Å². The van der Waals surface area contributed by atoms with E-state index in [2.05, 4.69) is 5.32 Å². The van der Waals surface area contributed by atoms with Gasteiger partial charge in [0.25, 0.3) is 5.91 Å². The van der Waals surface area contributed by atoms with Gasteiger partial charge in [-0.3, -0.25) is 4.79 Å². The van der Waals surface area contributed by atoms with Gasteiger partial charge >= 0.3 is 0 Å². The van der Waals surface area contributed by atoms with E-state index in [0.717, 1.165) is 6.26 Å². The molecule has 0 aliphatic heterocycles. The Labute approximate surface area is 99.8 Å². The summed E-state index contributed by atoms with van der Waals surface area (Å²) in [4.78, 5) is 11.6. The molecule has 0 saturated carbocycles. The first-order valence-electron chi connectivity index (χ1n) is 5.01. The van der Waals surface area contributed by atoms with Crippen molar-refractivity contribution >= 4 is 15.7 Å². The van der Waals surface area contributed by atoms with Gasteiger partial charge in [-0.25, -0.2) is 12.8 Å². The molecule has 94 valence electrons. The number of halogens is 1. The molecular weight excluding hydrogens is 245 g/mol. The van der Waals surface area contributed by atoms with Gasteiger partial charge in [0.2, 0.25) is 0 Å². The number of sulfone groups is 1. The minimum Gasteiger partial charge on any atom is -0.351 e. The number of carbonyl (C=O) groups is 1. The number of amides is 1. The molecule has 4 nitrogen and oxygen atoms in total. The lowest BCUT2D eigenvalue weighted by Gasteiger charge is -2.07. The Kier molecular flexibility index (Phi) is 4.22. The van der Waals surface area contributed by atoms with Crippen LogP contribution in [0.4, 0.5) is 4.39 Å². The second kappa shape index (κ2) is 5.27. The van der Waals surface area contributed by atoms with Crippen LogP contribution in [0.2, 0.25) is 0 Å². The highest BCUT2D eigenvalue weighted by Crippen LogP contribution is 2.09. The molecule has 6 heteroatoms. The first-order chi connectivity index (χ1) is 7.79. The first kappa shape index (κ1) is 13.6. The topological polar surface area (TPSA) is 63.2 Å². The number of hydrogen-bond donors (Lipinski definition) is 1. The largest absolute Gasteiger partial charge is 0.351 e. The van der Waals surface area contributed by atoms with Gasteiger partial charge in [0, 0.05) is 18.4 Å². The van der Waals surface area contributed by atoms with Gasteiger partial charge in [0.1, 0.15) is 15.7 Å². The predicted molar refractivity (Wildman–Crippen MR) is 63.2 cm³/mol. The molecule has 1 amide bonds. The van der Waals surface area contributed by atoms with Gasteiger partial charge in [-0.05, 0) is 30.7 Å². The summed E-state index contributed by atoms with van der Waals surface area (Å²) >= 11 is 0. The highest BCUT2D eigenvalue weighted by atomic mass is 32.2. The molecule has 0 unspecified atom stereocenters. The summed E-state index contributed by atoms with van der Waals surface area (Å²) in [5.74, 6) is -0.916. The molecule has 1 aromatic carbocycles. The fraction of sp³-hybridized carbons (Fsp3) is 0.364. The highest BCUT2D eigenvalue weighted by molar-refractivity contribution is 7.90. The standard InChI is InChI=1S/C11H14FNO3S/c1-8-7-9(12)3-4-10(8)11(14)13-5-6-17(2,15)16/h3-4,7H,5-6H2,1-2H3,(H,13,14). The number of hydrogen-bond acceptors (Lipinski definition) is 3. The Morgan fingerprint density at radius 2 is 2.06 bits per heavy atom. The molecule has 0 fully saturated rings. The van der Waals surface area contributed by atoms with Crippen LogP contribution in [0.25, 0.3) is 0 Å². The minimum atomic E-state index is -3.09. The van der Waals surface area contributed by atoms with Crippen molar-refractivity contribution in [2.45, 2.75) is 6.92 Å². The fourth-order valence-corrected chi connectivity index (χ4v) is 1.80. The van der Waals surface area contributed by atoms with E-state index in [1.165, 1.54) is 18.2 Å². The van der Waals surface area contributed by atoms with Crippen LogP contribution in [0.1, 0.15) is 15.9 Å². The molecule has 0 spiro atoms. The van der Waals surface area contributed by atoms with Crippen LogP contribution in [0.3, 0.4) is 0 Å². The zero-order valence-corrected chi connectivity index (χ0v) is 10.5.